The van der Waals surface area contributed by atoms with Crippen LogP contribution in [-0.4, -0.2) is 17.7 Å². The van der Waals surface area contributed by atoms with Gasteiger partial charge in [0.05, 0.1) is 9.30 Å². The molecule has 3 N–H and O–H groups in total. The third-order valence-electron chi connectivity index (χ3n) is 0.761. The van der Waals surface area contributed by atoms with E-state index in [1.807, 2.05) is 0 Å². The number of hydrogen-bond acceptors (Lipinski definition) is 2. The van der Waals surface area contributed by atoms with Crippen molar-refractivity contribution in [3.63, 3.8) is 0 Å². The van der Waals surface area contributed by atoms with E-state index in [2.05, 4.69) is 0 Å². The second-order valence-electron chi connectivity index (χ2n) is 1.81. The number of rotatable bonds is 1. The minimum absolute atomic E-state index is 0.825. The van der Waals surface area contributed by atoms with E-state index < -0.39 is 31.7 Å². The van der Waals surface area contributed by atoms with Crippen molar-refractivity contribution in [2.45, 2.75) is 26.7 Å². The zero-order valence-corrected chi connectivity index (χ0v) is 4.60. The molecule has 0 aromatic rings. The molecule has 0 amide bonds. The van der Waals surface area contributed by atoms with E-state index in [4.69, 9.17) is 21.8 Å². The van der Waals surface area contributed by atoms with Crippen LogP contribution in [0.15, 0.2) is 0 Å². The lowest BCUT2D eigenvalue weighted by Crippen LogP contribution is -2.37. The van der Waals surface area contributed by atoms with Crippen LogP contribution in [0.25, 0.3) is 0 Å². The van der Waals surface area contributed by atoms with Crippen LogP contribution in [0.3, 0.4) is 0 Å². The maximum absolute atomic E-state index is 9.06. The first-order valence-electron chi connectivity index (χ1n) is 6.13. The van der Waals surface area contributed by atoms with Gasteiger partial charge in [-0.25, -0.2) is 0 Å². The summed E-state index contributed by atoms with van der Waals surface area (Å²) in [6.45, 7) is -8.30. The van der Waals surface area contributed by atoms with E-state index in [-0.39, 0.29) is 0 Å². The SMILES string of the molecule is [2H]C([2H])(O)[C@@H](N)C(C)(C([2H])([2H])[2H])C([2H])([2H])[2H]. The number of aliphatic hydroxyl groups is 1. The molecule has 0 heterocycles. The Labute approximate surface area is 61.9 Å². The zero-order valence-electron chi connectivity index (χ0n) is 12.6. The van der Waals surface area contributed by atoms with Crippen molar-refractivity contribution in [3.8, 4) is 0 Å². The molecule has 0 aliphatic rings. The molecular formula is C6H15NO. The molecule has 0 fully saturated rings. The summed E-state index contributed by atoms with van der Waals surface area (Å²) in [6.07, 6.45) is 0. The Bertz CT molecular complexity index is 237. The van der Waals surface area contributed by atoms with Gasteiger partial charge in [-0.3, -0.25) is 0 Å². The first kappa shape index (κ1) is 1.70. The highest BCUT2D eigenvalue weighted by Crippen LogP contribution is 2.15. The fraction of sp³-hybridized carbons (Fsp3) is 1.00. The van der Waals surface area contributed by atoms with Gasteiger partial charge in [0.1, 0.15) is 0 Å². The summed E-state index contributed by atoms with van der Waals surface area (Å²) >= 11 is 0. The molecule has 0 spiro atoms. The molecule has 0 aliphatic carbocycles. The Morgan fingerprint density at radius 1 is 2.00 bits per heavy atom. The van der Waals surface area contributed by atoms with Crippen LogP contribution < -0.4 is 5.73 Å². The quantitative estimate of drug-likeness (QED) is 0.531. The van der Waals surface area contributed by atoms with Crippen molar-refractivity contribution in [1.29, 1.82) is 0 Å². The van der Waals surface area contributed by atoms with E-state index in [1.165, 1.54) is 0 Å². The van der Waals surface area contributed by atoms with Crippen LogP contribution in [0.5, 0.6) is 0 Å². The van der Waals surface area contributed by atoms with E-state index in [0.717, 1.165) is 6.92 Å². The van der Waals surface area contributed by atoms with Gasteiger partial charge in [-0.05, 0) is 5.41 Å². The van der Waals surface area contributed by atoms with Crippen molar-refractivity contribution in [3.05, 3.63) is 0 Å². The average Bonchev–Trinajstić information content (AvgIpc) is 1.95. The monoisotopic (exact) mass is 125 g/mol. The molecule has 0 rings (SSSR count). The fourth-order valence-electron chi connectivity index (χ4n) is 0.129. The van der Waals surface area contributed by atoms with Crippen molar-refractivity contribution in [1.82, 2.24) is 0 Å². The van der Waals surface area contributed by atoms with Crippen molar-refractivity contribution < 1.29 is 16.1 Å². The van der Waals surface area contributed by atoms with Crippen LogP contribution in [-0.2, 0) is 0 Å². The van der Waals surface area contributed by atoms with Gasteiger partial charge in [0.25, 0.3) is 0 Å². The van der Waals surface area contributed by atoms with Gasteiger partial charge in [0.15, 0.2) is 0 Å². The summed E-state index contributed by atoms with van der Waals surface area (Å²) in [5.74, 6) is 0. The van der Waals surface area contributed by atoms with E-state index in [1.54, 1.807) is 0 Å². The molecule has 8 heavy (non-hydrogen) atoms. The average molecular weight is 125 g/mol. The predicted octanol–water partition coefficient (Wildman–Crippen LogP) is 0.352. The van der Waals surface area contributed by atoms with E-state index >= 15 is 0 Å². The highest BCUT2D eigenvalue weighted by Gasteiger charge is 2.18. The summed E-state index contributed by atoms with van der Waals surface area (Å²) in [7, 11) is 0. The normalized spacial score (nSPS) is 35.9. The van der Waals surface area contributed by atoms with Crippen molar-refractivity contribution in [2.75, 3.05) is 6.56 Å². The zero-order chi connectivity index (χ0) is 13.6. The van der Waals surface area contributed by atoms with Gasteiger partial charge in [-0.15, -0.1) is 0 Å². The summed E-state index contributed by atoms with van der Waals surface area (Å²) in [4.78, 5) is 0. The van der Waals surface area contributed by atoms with Crippen LogP contribution >= 0.6 is 0 Å². The number of hydrogen-bond donors (Lipinski definition) is 2. The summed E-state index contributed by atoms with van der Waals surface area (Å²) in [6, 6.07) is -2.06. The molecule has 0 bridgehead atoms. The second kappa shape index (κ2) is 2.46. The Morgan fingerprint density at radius 2 is 2.50 bits per heavy atom. The Morgan fingerprint density at radius 3 is 2.62 bits per heavy atom. The van der Waals surface area contributed by atoms with Crippen molar-refractivity contribution in [2.24, 2.45) is 11.1 Å². The van der Waals surface area contributed by atoms with Gasteiger partial charge in [0.2, 0.25) is 0 Å². The van der Waals surface area contributed by atoms with Crippen molar-refractivity contribution >= 4 is 0 Å². The molecule has 2 nitrogen and oxygen atoms in total. The molecule has 0 aromatic heterocycles. The van der Waals surface area contributed by atoms with Gasteiger partial charge in [-0.1, -0.05) is 20.6 Å². The maximum atomic E-state index is 9.06. The molecule has 0 unspecified atom stereocenters. The van der Waals surface area contributed by atoms with Crippen LogP contribution in [0.1, 0.15) is 31.6 Å². The second-order valence-corrected chi connectivity index (χ2v) is 1.81. The minimum Gasteiger partial charge on any atom is -0.395 e. The molecule has 1 atom stereocenters. The first-order valence-corrected chi connectivity index (χ1v) is 2.13. The summed E-state index contributed by atoms with van der Waals surface area (Å²) in [5.41, 5.74) is 2.73. The molecule has 0 aliphatic heterocycles. The number of nitrogens with two attached hydrogens (primary N) is 1. The highest BCUT2D eigenvalue weighted by atomic mass is 16.3. The van der Waals surface area contributed by atoms with Crippen LogP contribution in [0.2, 0.25) is 0 Å². The molecule has 2 heteroatoms. The summed E-state index contributed by atoms with van der Waals surface area (Å²) < 4.78 is 56.9. The molecule has 0 radical (unpaired) electrons. The third kappa shape index (κ3) is 2.28. The van der Waals surface area contributed by atoms with Gasteiger partial charge < -0.3 is 10.8 Å². The summed E-state index contributed by atoms with van der Waals surface area (Å²) in [5, 5.41) is 9.06. The fourth-order valence-corrected chi connectivity index (χ4v) is 0.129. The lowest BCUT2D eigenvalue weighted by Gasteiger charge is -2.24. The lowest BCUT2D eigenvalue weighted by molar-refractivity contribution is 0.189. The topological polar surface area (TPSA) is 46.2 Å². The smallest absolute Gasteiger partial charge is 0.0587 e. The van der Waals surface area contributed by atoms with E-state index in [0.29, 0.717) is 0 Å². The lowest BCUT2D eigenvalue weighted by atomic mass is 9.88. The van der Waals surface area contributed by atoms with Crippen LogP contribution in [0.4, 0.5) is 0 Å². The first-order chi connectivity index (χ1) is 6.65. The van der Waals surface area contributed by atoms with Gasteiger partial charge >= 0.3 is 0 Å². The van der Waals surface area contributed by atoms with Gasteiger partial charge in [-0.2, -0.15) is 0 Å². The molecule has 0 aromatic carbocycles. The third-order valence-corrected chi connectivity index (χ3v) is 0.761. The molecule has 0 saturated heterocycles. The predicted molar refractivity (Wildman–Crippen MR) is 34.5 cm³/mol. The Kier molecular flexibility index (Phi) is 0.525. The molecule has 0 saturated carbocycles. The Hall–Kier alpha value is -0.0800. The largest absolute Gasteiger partial charge is 0.395 e. The molecule has 50 valence electrons. The minimum atomic E-state index is -3.09. The molecular weight excluding hydrogens is 102 g/mol. The van der Waals surface area contributed by atoms with E-state index in [9.17, 15) is 0 Å². The van der Waals surface area contributed by atoms with Gasteiger partial charge in [0, 0.05) is 14.3 Å². The van der Waals surface area contributed by atoms with Crippen LogP contribution in [0, 0.1) is 5.41 Å². The highest BCUT2D eigenvalue weighted by molar-refractivity contribution is 4.75. The Balaban J connectivity index is 5.63. The standard InChI is InChI=1S/C6H15NO/c1-6(2,3)5(7)4-8/h5,8H,4,7H2,1-3H3/t5-/m1/s1/i1D3,2D3,4D2. The maximum Gasteiger partial charge on any atom is 0.0587 e.